The van der Waals surface area contributed by atoms with E-state index in [4.69, 9.17) is 4.74 Å². The number of hydrogen-bond acceptors (Lipinski definition) is 3. The van der Waals surface area contributed by atoms with Crippen LogP contribution in [0.2, 0.25) is 0 Å². The highest BCUT2D eigenvalue weighted by atomic mass is 19.1. The predicted octanol–water partition coefficient (Wildman–Crippen LogP) is 2.51. The second-order valence-electron chi connectivity index (χ2n) is 5.60. The number of nitrogens with zero attached hydrogens (tertiary/aromatic N) is 1. The minimum atomic E-state index is -0.309. The smallest absolute Gasteiger partial charge is 0.241 e. The van der Waals surface area contributed by atoms with E-state index in [0.717, 1.165) is 13.1 Å². The molecule has 2 rings (SSSR count). The van der Waals surface area contributed by atoms with Crippen LogP contribution in [0.1, 0.15) is 19.8 Å². The molecule has 0 unspecified atom stereocenters. The Morgan fingerprint density at radius 3 is 2.67 bits per heavy atom. The quantitative estimate of drug-likeness (QED) is 0.801. The first-order valence-electron chi connectivity index (χ1n) is 7.39. The van der Waals surface area contributed by atoms with Crippen LogP contribution in [0.3, 0.4) is 0 Å². The summed E-state index contributed by atoms with van der Waals surface area (Å²) in [7, 11) is 1.67. The number of ether oxygens (including phenoxy) is 1. The van der Waals surface area contributed by atoms with Crippen LogP contribution in [0.25, 0.3) is 0 Å². The number of rotatable bonds is 8. The molecule has 5 heteroatoms. The molecule has 4 nitrogen and oxygen atoms in total. The fraction of sp³-hybridized carbons (Fsp3) is 0.562. The standard InChI is InChI=1S/C16H23FN2O2/c1-12(19(9-10-21-2)11-13-3-4-13)16(20)18-15-7-5-14(17)6-8-15/h5-8,12-13H,3-4,9-11H2,1-2H3,(H,18,20)/t12-/m0/s1. The minimum Gasteiger partial charge on any atom is -0.383 e. The molecule has 0 spiro atoms. The fourth-order valence-electron chi connectivity index (χ4n) is 2.23. The molecule has 0 heterocycles. The van der Waals surface area contributed by atoms with Crippen molar-refractivity contribution < 1.29 is 13.9 Å². The van der Waals surface area contributed by atoms with Gasteiger partial charge in [-0.1, -0.05) is 0 Å². The lowest BCUT2D eigenvalue weighted by atomic mass is 10.2. The van der Waals surface area contributed by atoms with Gasteiger partial charge in [-0.15, -0.1) is 0 Å². The van der Waals surface area contributed by atoms with E-state index in [0.29, 0.717) is 18.2 Å². The molecule has 1 aliphatic carbocycles. The SMILES string of the molecule is COCCN(CC1CC1)[C@@H](C)C(=O)Nc1ccc(F)cc1. The lowest BCUT2D eigenvalue weighted by Crippen LogP contribution is -2.44. The molecule has 1 aliphatic rings. The molecular weight excluding hydrogens is 271 g/mol. The van der Waals surface area contributed by atoms with Gasteiger partial charge in [-0.05, 0) is 49.9 Å². The maximum atomic E-state index is 12.9. The third-order valence-corrected chi connectivity index (χ3v) is 3.81. The van der Waals surface area contributed by atoms with Crippen LogP contribution in [-0.4, -0.2) is 43.7 Å². The van der Waals surface area contributed by atoms with Gasteiger partial charge in [-0.25, -0.2) is 4.39 Å². The van der Waals surface area contributed by atoms with Crippen LogP contribution < -0.4 is 5.32 Å². The molecule has 0 bridgehead atoms. The van der Waals surface area contributed by atoms with Crippen molar-refractivity contribution in [1.29, 1.82) is 0 Å². The maximum absolute atomic E-state index is 12.9. The van der Waals surface area contributed by atoms with Crippen molar-refractivity contribution in [3.8, 4) is 0 Å². The Hall–Kier alpha value is -1.46. The van der Waals surface area contributed by atoms with Gasteiger partial charge in [0.05, 0.1) is 12.6 Å². The van der Waals surface area contributed by atoms with Crippen LogP contribution in [-0.2, 0) is 9.53 Å². The largest absolute Gasteiger partial charge is 0.383 e. The van der Waals surface area contributed by atoms with Crippen LogP contribution in [0.15, 0.2) is 24.3 Å². The van der Waals surface area contributed by atoms with Crippen molar-refractivity contribution >= 4 is 11.6 Å². The summed E-state index contributed by atoms with van der Waals surface area (Å²) in [4.78, 5) is 14.5. The zero-order chi connectivity index (χ0) is 15.2. The fourth-order valence-corrected chi connectivity index (χ4v) is 2.23. The lowest BCUT2D eigenvalue weighted by molar-refractivity contribution is -0.121. The van der Waals surface area contributed by atoms with E-state index in [9.17, 15) is 9.18 Å². The highest BCUT2D eigenvalue weighted by Crippen LogP contribution is 2.30. The highest BCUT2D eigenvalue weighted by molar-refractivity contribution is 5.94. The van der Waals surface area contributed by atoms with Gasteiger partial charge in [0.2, 0.25) is 5.91 Å². The summed E-state index contributed by atoms with van der Waals surface area (Å²) >= 11 is 0. The number of benzene rings is 1. The van der Waals surface area contributed by atoms with Crippen LogP contribution in [0, 0.1) is 11.7 Å². The second-order valence-corrected chi connectivity index (χ2v) is 5.60. The molecule has 1 N–H and O–H groups in total. The van der Waals surface area contributed by atoms with Gasteiger partial charge in [-0.3, -0.25) is 9.69 Å². The molecule has 1 amide bonds. The van der Waals surface area contributed by atoms with Gasteiger partial charge in [0.15, 0.2) is 0 Å². The van der Waals surface area contributed by atoms with Crippen molar-refractivity contribution in [1.82, 2.24) is 4.90 Å². The van der Waals surface area contributed by atoms with Crippen molar-refractivity contribution in [3.05, 3.63) is 30.1 Å². The van der Waals surface area contributed by atoms with E-state index in [1.54, 1.807) is 19.2 Å². The van der Waals surface area contributed by atoms with E-state index in [-0.39, 0.29) is 17.8 Å². The summed E-state index contributed by atoms with van der Waals surface area (Å²) in [5, 5.41) is 2.83. The first-order chi connectivity index (χ1) is 10.1. The Morgan fingerprint density at radius 1 is 1.43 bits per heavy atom. The molecule has 1 fully saturated rings. The zero-order valence-electron chi connectivity index (χ0n) is 12.6. The Morgan fingerprint density at radius 2 is 2.10 bits per heavy atom. The van der Waals surface area contributed by atoms with Crippen LogP contribution in [0.5, 0.6) is 0 Å². The molecule has 1 aromatic carbocycles. The molecule has 21 heavy (non-hydrogen) atoms. The second kappa shape index (κ2) is 7.52. The van der Waals surface area contributed by atoms with Gasteiger partial charge in [0.25, 0.3) is 0 Å². The molecule has 1 atom stereocenters. The number of halogens is 1. The van der Waals surface area contributed by atoms with Crippen LogP contribution in [0.4, 0.5) is 10.1 Å². The van der Waals surface area contributed by atoms with E-state index in [1.165, 1.54) is 25.0 Å². The molecular formula is C16H23FN2O2. The van der Waals surface area contributed by atoms with Crippen molar-refractivity contribution in [3.63, 3.8) is 0 Å². The number of amides is 1. The summed E-state index contributed by atoms with van der Waals surface area (Å²) in [5.74, 6) is 0.331. The summed E-state index contributed by atoms with van der Waals surface area (Å²) in [5.41, 5.74) is 0.617. The molecule has 1 saturated carbocycles. The Kier molecular flexibility index (Phi) is 5.70. The third-order valence-electron chi connectivity index (χ3n) is 3.81. The van der Waals surface area contributed by atoms with Crippen LogP contribution >= 0.6 is 0 Å². The normalized spacial score (nSPS) is 16.0. The molecule has 0 aliphatic heterocycles. The van der Waals surface area contributed by atoms with Gasteiger partial charge in [0.1, 0.15) is 5.82 Å². The van der Waals surface area contributed by atoms with Crippen molar-refractivity contribution in [2.45, 2.75) is 25.8 Å². The van der Waals surface area contributed by atoms with E-state index in [2.05, 4.69) is 10.2 Å². The summed E-state index contributed by atoms with van der Waals surface area (Å²) in [6, 6.07) is 5.59. The van der Waals surface area contributed by atoms with Gasteiger partial charge in [0, 0.05) is 25.9 Å². The Labute approximate surface area is 125 Å². The van der Waals surface area contributed by atoms with Crippen molar-refractivity contribution in [2.24, 2.45) is 5.92 Å². The monoisotopic (exact) mass is 294 g/mol. The topological polar surface area (TPSA) is 41.6 Å². The summed E-state index contributed by atoms with van der Waals surface area (Å²) < 4.78 is 18.0. The number of nitrogens with one attached hydrogen (secondary N) is 1. The van der Waals surface area contributed by atoms with E-state index >= 15 is 0 Å². The number of hydrogen-bond donors (Lipinski definition) is 1. The zero-order valence-corrected chi connectivity index (χ0v) is 12.6. The molecule has 0 saturated heterocycles. The molecule has 116 valence electrons. The third kappa shape index (κ3) is 5.10. The van der Waals surface area contributed by atoms with Gasteiger partial charge in [-0.2, -0.15) is 0 Å². The molecule has 0 aromatic heterocycles. The molecule has 0 radical (unpaired) electrons. The summed E-state index contributed by atoms with van der Waals surface area (Å²) in [6.07, 6.45) is 2.49. The number of carbonyl (C=O) groups is 1. The first-order valence-corrected chi connectivity index (χ1v) is 7.39. The lowest BCUT2D eigenvalue weighted by Gasteiger charge is -2.28. The van der Waals surface area contributed by atoms with Gasteiger partial charge >= 0.3 is 0 Å². The van der Waals surface area contributed by atoms with E-state index < -0.39 is 0 Å². The van der Waals surface area contributed by atoms with Crippen molar-refractivity contribution in [2.75, 3.05) is 32.1 Å². The van der Waals surface area contributed by atoms with E-state index in [1.807, 2.05) is 6.92 Å². The first kappa shape index (κ1) is 15.9. The number of carbonyl (C=O) groups excluding carboxylic acids is 1. The van der Waals surface area contributed by atoms with Gasteiger partial charge < -0.3 is 10.1 Å². The number of methoxy groups -OCH3 is 1. The summed E-state index contributed by atoms with van der Waals surface area (Å²) in [6.45, 7) is 4.18. The maximum Gasteiger partial charge on any atom is 0.241 e. The Balaban J connectivity index is 1.92. The average molecular weight is 294 g/mol. The Bertz CT molecular complexity index is 460. The average Bonchev–Trinajstić information content (AvgIpc) is 3.29. The molecule has 1 aromatic rings. The number of anilines is 1. The highest BCUT2D eigenvalue weighted by Gasteiger charge is 2.29. The minimum absolute atomic E-state index is 0.0710. The predicted molar refractivity (Wildman–Crippen MR) is 80.7 cm³/mol.